The monoisotopic (exact) mass is 312 g/mol. The van der Waals surface area contributed by atoms with Crippen LogP contribution in [0.4, 0.5) is 0 Å². The van der Waals surface area contributed by atoms with Crippen molar-refractivity contribution >= 4 is 23.3 Å². The SMILES string of the molecule is CCCCCC(=O)C(=O)c1ccc(Sc2ccccc2)cc1. The van der Waals surface area contributed by atoms with E-state index in [1.165, 1.54) is 0 Å². The minimum Gasteiger partial charge on any atom is -0.290 e. The third-order valence-corrected chi connectivity index (χ3v) is 4.37. The number of ketones is 2. The summed E-state index contributed by atoms with van der Waals surface area (Å²) in [6, 6.07) is 17.3. The molecule has 0 aliphatic heterocycles. The highest BCUT2D eigenvalue weighted by Gasteiger charge is 2.15. The van der Waals surface area contributed by atoms with E-state index in [4.69, 9.17) is 0 Å². The number of hydrogen-bond donors (Lipinski definition) is 0. The smallest absolute Gasteiger partial charge is 0.228 e. The largest absolute Gasteiger partial charge is 0.290 e. The summed E-state index contributed by atoms with van der Waals surface area (Å²) in [5, 5.41) is 0. The van der Waals surface area contributed by atoms with Gasteiger partial charge in [0.05, 0.1) is 0 Å². The lowest BCUT2D eigenvalue weighted by atomic mass is 10.0. The van der Waals surface area contributed by atoms with Gasteiger partial charge in [0.25, 0.3) is 0 Å². The molecule has 0 bridgehead atoms. The van der Waals surface area contributed by atoms with Crippen LogP contribution in [0.25, 0.3) is 0 Å². The highest BCUT2D eigenvalue weighted by Crippen LogP contribution is 2.27. The van der Waals surface area contributed by atoms with Crippen LogP contribution in [0.5, 0.6) is 0 Å². The van der Waals surface area contributed by atoms with E-state index >= 15 is 0 Å². The average molecular weight is 312 g/mol. The maximum atomic E-state index is 12.1. The number of rotatable bonds is 8. The Hall–Kier alpha value is -1.87. The minimum atomic E-state index is -0.368. The second kappa shape index (κ2) is 8.54. The van der Waals surface area contributed by atoms with E-state index in [0.29, 0.717) is 12.0 Å². The zero-order valence-corrected chi connectivity index (χ0v) is 13.6. The minimum absolute atomic E-state index is 0.281. The van der Waals surface area contributed by atoms with Gasteiger partial charge in [0.2, 0.25) is 11.6 Å². The standard InChI is InChI=1S/C19H20O2S/c1-2-3-5-10-18(20)19(21)15-11-13-17(14-12-15)22-16-8-6-4-7-9-16/h4,6-9,11-14H,2-3,5,10H2,1H3. The zero-order chi connectivity index (χ0) is 15.8. The first-order chi connectivity index (χ1) is 10.7. The molecule has 0 aliphatic rings. The van der Waals surface area contributed by atoms with Gasteiger partial charge < -0.3 is 0 Å². The van der Waals surface area contributed by atoms with Gasteiger partial charge in [0.15, 0.2) is 0 Å². The summed E-state index contributed by atoms with van der Waals surface area (Å²) in [6.07, 6.45) is 3.19. The van der Waals surface area contributed by atoms with Crippen molar-refractivity contribution in [1.82, 2.24) is 0 Å². The molecule has 2 aromatic carbocycles. The predicted octanol–water partition coefficient (Wildman–Crippen LogP) is 5.17. The van der Waals surface area contributed by atoms with Crippen LogP contribution in [0.1, 0.15) is 43.0 Å². The van der Waals surface area contributed by atoms with Crippen molar-refractivity contribution in [3.05, 3.63) is 60.2 Å². The maximum Gasteiger partial charge on any atom is 0.228 e. The Morgan fingerprint density at radius 1 is 0.864 bits per heavy atom. The van der Waals surface area contributed by atoms with Crippen LogP contribution < -0.4 is 0 Å². The molecule has 0 atom stereocenters. The summed E-state index contributed by atoms with van der Waals surface area (Å²) in [4.78, 5) is 26.1. The first kappa shape index (κ1) is 16.5. The second-order valence-electron chi connectivity index (χ2n) is 5.15. The normalized spacial score (nSPS) is 10.4. The van der Waals surface area contributed by atoms with E-state index < -0.39 is 0 Å². The Bertz CT molecular complexity index is 618. The molecule has 0 N–H and O–H groups in total. The van der Waals surface area contributed by atoms with Crippen LogP contribution in [-0.4, -0.2) is 11.6 Å². The van der Waals surface area contributed by atoms with E-state index in [1.54, 1.807) is 23.9 Å². The molecule has 0 amide bonds. The van der Waals surface area contributed by atoms with Gasteiger partial charge in [-0.05, 0) is 42.8 Å². The molecule has 0 heterocycles. The lowest BCUT2D eigenvalue weighted by Gasteiger charge is -2.04. The van der Waals surface area contributed by atoms with E-state index in [0.717, 1.165) is 29.1 Å². The van der Waals surface area contributed by atoms with Gasteiger partial charge in [-0.2, -0.15) is 0 Å². The third-order valence-electron chi connectivity index (χ3n) is 3.36. The van der Waals surface area contributed by atoms with Crippen molar-refractivity contribution in [1.29, 1.82) is 0 Å². The van der Waals surface area contributed by atoms with E-state index in [1.807, 2.05) is 42.5 Å². The number of unbranched alkanes of at least 4 members (excludes halogenated alkanes) is 2. The van der Waals surface area contributed by atoms with Crippen molar-refractivity contribution in [3.8, 4) is 0 Å². The molecule has 0 aromatic heterocycles. The fourth-order valence-electron chi connectivity index (χ4n) is 2.11. The first-order valence-corrected chi connectivity index (χ1v) is 8.43. The molecule has 3 heteroatoms. The molecule has 22 heavy (non-hydrogen) atoms. The molecule has 0 fully saturated rings. The number of Topliss-reactive ketones (excluding diaryl/α,β-unsaturated/α-hetero) is 2. The Morgan fingerprint density at radius 2 is 1.50 bits per heavy atom. The molecule has 0 spiro atoms. The highest BCUT2D eigenvalue weighted by molar-refractivity contribution is 7.99. The van der Waals surface area contributed by atoms with Crippen LogP contribution in [0.2, 0.25) is 0 Å². The molecule has 0 radical (unpaired) electrons. The molecule has 2 nitrogen and oxygen atoms in total. The molecule has 0 unspecified atom stereocenters. The Kier molecular flexibility index (Phi) is 6.41. The lowest BCUT2D eigenvalue weighted by Crippen LogP contribution is -2.13. The molecule has 114 valence electrons. The van der Waals surface area contributed by atoms with Crippen molar-refractivity contribution in [2.24, 2.45) is 0 Å². The molecule has 0 aliphatic carbocycles. The van der Waals surface area contributed by atoms with Gasteiger partial charge in [-0.3, -0.25) is 9.59 Å². The summed E-state index contributed by atoms with van der Waals surface area (Å²) in [5.74, 6) is -0.649. The van der Waals surface area contributed by atoms with E-state index in [2.05, 4.69) is 6.92 Å². The van der Waals surface area contributed by atoms with E-state index in [-0.39, 0.29) is 11.6 Å². The molecule has 0 saturated heterocycles. The van der Waals surface area contributed by atoms with Crippen molar-refractivity contribution in [2.75, 3.05) is 0 Å². The van der Waals surface area contributed by atoms with Gasteiger partial charge in [0, 0.05) is 21.8 Å². The summed E-state index contributed by atoms with van der Waals surface area (Å²) >= 11 is 1.64. The summed E-state index contributed by atoms with van der Waals surface area (Å²) in [5.41, 5.74) is 0.485. The molecule has 2 aromatic rings. The zero-order valence-electron chi connectivity index (χ0n) is 12.7. The fraction of sp³-hybridized carbons (Fsp3) is 0.263. The van der Waals surface area contributed by atoms with E-state index in [9.17, 15) is 9.59 Å². The number of carbonyl (C=O) groups excluding carboxylic acids is 2. The van der Waals surface area contributed by atoms with Gasteiger partial charge in [-0.15, -0.1) is 0 Å². The van der Waals surface area contributed by atoms with Gasteiger partial charge >= 0.3 is 0 Å². The Balaban J connectivity index is 1.96. The topological polar surface area (TPSA) is 34.1 Å². The average Bonchev–Trinajstić information content (AvgIpc) is 2.56. The van der Waals surface area contributed by atoms with Crippen LogP contribution in [-0.2, 0) is 4.79 Å². The molecular weight excluding hydrogens is 292 g/mol. The molecule has 0 saturated carbocycles. The highest BCUT2D eigenvalue weighted by atomic mass is 32.2. The summed E-state index contributed by atoms with van der Waals surface area (Å²) in [6.45, 7) is 2.08. The third kappa shape index (κ3) is 4.85. The molecular formula is C19H20O2S. The van der Waals surface area contributed by atoms with Crippen molar-refractivity contribution < 1.29 is 9.59 Å². The number of benzene rings is 2. The van der Waals surface area contributed by atoms with Crippen LogP contribution in [0.15, 0.2) is 64.4 Å². The van der Waals surface area contributed by atoms with Gasteiger partial charge in [-0.25, -0.2) is 0 Å². The molecule has 2 rings (SSSR count). The summed E-state index contributed by atoms with van der Waals surface area (Å²) < 4.78 is 0. The first-order valence-electron chi connectivity index (χ1n) is 7.61. The van der Waals surface area contributed by atoms with Gasteiger partial charge in [-0.1, -0.05) is 49.7 Å². The van der Waals surface area contributed by atoms with Crippen LogP contribution in [0, 0.1) is 0 Å². The lowest BCUT2D eigenvalue weighted by molar-refractivity contribution is -0.115. The Labute approximate surface area is 135 Å². The quantitative estimate of drug-likeness (QED) is 0.383. The predicted molar refractivity (Wildman–Crippen MR) is 90.5 cm³/mol. The van der Waals surface area contributed by atoms with Crippen molar-refractivity contribution in [3.63, 3.8) is 0 Å². The number of hydrogen-bond acceptors (Lipinski definition) is 3. The van der Waals surface area contributed by atoms with Crippen molar-refractivity contribution in [2.45, 2.75) is 42.4 Å². The maximum absolute atomic E-state index is 12.1. The fourth-order valence-corrected chi connectivity index (χ4v) is 2.95. The van der Waals surface area contributed by atoms with Crippen LogP contribution >= 0.6 is 11.8 Å². The van der Waals surface area contributed by atoms with Crippen LogP contribution in [0.3, 0.4) is 0 Å². The number of carbonyl (C=O) groups is 2. The Morgan fingerprint density at radius 3 is 2.14 bits per heavy atom. The second-order valence-corrected chi connectivity index (χ2v) is 6.30. The van der Waals surface area contributed by atoms with Gasteiger partial charge in [0.1, 0.15) is 0 Å². The summed E-state index contributed by atoms with van der Waals surface area (Å²) in [7, 11) is 0.